The Kier molecular flexibility index (Phi) is 5.57. The second-order valence-corrected chi connectivity index (χ2v) is 7.35. The van der Waals surface area contributed by atoms with E-state index >= 15 is 0 Å². The van der Waals surface area contributed by atoms with Gasteiger partial charge in [-0.25, -0.2) is 4.98 Å². The van der Waals surface area contributed by atoms with Crippen molar-refractivity contribution >= 4 is 34.4 Å². The lowest BCUT2D eigenvalue weighted by molar-refractivity contribution is -0.384. The number of benzene rings is 2. The van der Waals surface area contributed by atoms with E-state index in [9.17, 15) is 25.5 Å². The Morgan fingerprint density at radius 3 is 2.62 bits per heavy atom. The summed E-state index contributed by atoms with van der Waals surface area (Å²) in [5.74, 6) is 0.638. The van der Waals surface area contributed by atoms with Gasteiger partial charge in [0.15, 0.2) is 0 Å². The van der Waals surface area contributed by atoms with E-state index in [1.807, 2.05) is 0 Å². The number of nitro groups is 2. The molecule has 0 unspecified atom stereocenters. The van der Waals surface area contributed by atoms with Crippen molar-refractivity contribution in [3.05, 3.63) is 97.0 Å². The van der Waals surface area contributed by atoms with Crippen LogP contribution in [0.4, 0.5) is 11.4 Å². The number of thiazole rings is 1. The van der Waals surface area contributed by atoms with Gasteiger partial charge in [0.2, 0.25) is 0 Å². The fourth-order valence-electron chi connectivity index (χ4n) is 3.01. The summed E-state index contributed by atoms with van der Waals surface area (Å²) in [4.78, 5) is 25.7. The first-order valence-electron chi connectivity index (χ1n) is 9.12. The molecule has 2 heterocycles. The van der Waals surface area contributed by atoms with E-state index in [2.05, 4.69) is 11.1 Å². The smallest absolute Gasteiger partial charge is 0.280 e. The number of nitro benzene ring substituents is 2. The maximum absolute atomic E-state index is 11.3. The van der Waals surface area contributed by atoms with Crippen molar-refractivity contribution in [2.45, 2.75) is 0 Å². The van der Waals surface area contributed by atoms with Crippen LogP contribution in [0.15, 0.2) is 70.5 Å². The van der Waals surface area contributed by atoms with Gasteiger partial charge in [-0.3, -0.25) is 20.2 Å². The maximum Gasteiger partial charge on any atom is 0.280 e. The normalized spacial score (nSPS) is 11.2. The van der Waals surface area contributed by atoms with Gasteiger partial charge < -0.3 is 4.42 Å². The lowest BCUT2D eigenvalue weighted by Crippen LogP contribution is -1.90. The molecule has 4 rings (SSSR count). The molecule has 4 aromatic rings. The van der Waals surface area contributed by atoms with Crippen molar-refractivity contribution in [2.75, 3.05) is 0 Å². The SMILES string of the molecule is N#C/C(=C\c1ccc(-c2ccccc2[N+](=O)[O-])o1)c1nc(-c2cccc([N+](=O)[O-])c2)cs1. The van der Waals surface area contributed by atoms with Crippen LogP contribution in [0.5, 0.6) is 0 Å². The molecule has 32 heavy (non-hydrogen) atoms. The minimum atomic E-state index is -0.487. The molecule has 9 nitrogen and oxygen atoms in total. The average molecular weight is 444 g/mol. The van der Waals surface area contributed by atoms with E-state index in [4.69, 9.17) is 4.42 Å². The van der Waals surface area contributed by atoms with E-state index in [-0.39, 0.29) is 16.9 Å². The molecule has 0 fully saturated rings. The van der Waals surface area contributed by atoms with Crippen LogP contribution in [0.25, 0.3) is 34.2 Å². The third-order valence-electron chi connectivity index (χ3n) is 4.49. The molecule has 0 radical (unpaired) electrons. The summed E-state index contributed by atoms with van der Waals surface area (Å²) in [5.41, 5.74) is 1.50. The van der Waals surface area contributed by atoms with Gasteiger partial charge in [0.05, 0.1) is 26.7 Å². The summed E-state index contributed by atoms with van der Waals surface area (Å²) in [7, 11) is 0. The Hall–Kier alpha value is -4.62. The minimum absolute atomic E-state index is 0.0498. The predicted octanol–water partition coefficient (Wildman–Crippen LogP) is 5.95. The fraction of sp³-hybridized carbons (Fsp3) is 0. The molecule has 0 bridgehead atoms. The number of non-ortho nitro benzene ring substituents is 1. The van der Waals surface area contributed by atoms with Gasteiger partial charge in [-0.2, -0.15) is 5.26 Å². The third kappa shape index (κ3) is 4.14. The zero-order chi connectivity index (χ0) is 22.7. The molecule has 0 spiro atoms. The number of aromatic nitrogens is 1. The maximum atomic E-state index is 11.3. The Bertz CT molecular complexity index is 1410. The molecule has 0 saturated heterocycles. The summed E-state index contributed by atoms with van der Waals surface area (Å²) >= 11 is 1.22. The molecule has 10 heteroatoms. The Morgan fingerprint density at radius 1 is 1.06 bits per heavy atom. The van der Waals surface area contributed by atoms with Crippen LogP contribution >= 0.6 is 11.3 Å². The summed E-state index contributed by atoms with van der Waals surface area (Å²) in [6.07, 6.45) is 1.49. The van der Waals surface area contributed by atoms with Gasteiger partial charge in [-0.05, 0) is 18.2 Å². The summed E-state index contributed by atoms with van der Waals surface area (Å²) < 4.78 is 5.72. The number of nitrogens with zero attached hydrogens (tertiary/aromatic N) is 4. The van der Waals surface area contributed by atoms with Crippen molar-refractivity contribution < 1.29 is 14.3 Å². The van der Waals surface area contributed by atoms with Crippen LogP contribution in [0.1, 0.15) is 10.8 Å². The highest BCUT2D eigenvalue weighted by Crippen LogP contribution is 2.33. The molecule has 0 N–H and O–H groups in total. The number of allylic oxidation sites excluding steroid dienone is 1. The van der Waals surface area contributed by atoms with Crippen LogP contribution in [-0.4, -0.2) is 14.8 Å². The number of hydrogen-bond acceptors (Lipinski definition) is 8. The lowest BCUT2D eigenvalue weighted by atomic mass is 10.1. The first-order chi connectivity index (χ1) is 15.5. The number of rotatable bonds is 6. The van der Waals surface area contributed by atoms with Crippen molar-refractivity contribution in [1.29, 1.82) is 5.26 Å². The Labute approximate surface area is 184 Å². The van der Waals surface area contributed by atoms with E-state index < -0.39 is 9.85 Å². The van der Waals surface area contributed by atoms with E-state index in [1.165, 1.54) is 35.6 Å². The van der Waals surface area contributed by atoms with Crippen molar-refractivity contribution in [1.82, 2.24) is 4.98 Å². The van der Waals surface area contributed by atoms with Gasteiger partial charge >= 0.3 is 0 Å². The average Bonchev–Trinajstić information content (AvgIpc) is 3.47. The first-order valence-corrected chi connectivity index (χ1v) is 10.0. The summed E-state index contributed by atoms with van der Waals surface area (Å²) in [6, 6.07) is 17.6. The highest BCUT2D eigenvalue weighted by Gasteiger charge is 2.18. The van der Waals surface area contributed by atoms with Gasteiger partial charge in [0.25, 0.3) is 11.4 Å². The topological polar surface area (TPSA) is 136 Å². The predicted molar refractivity (Wildman–Crippen MR) is 118 cm³/mol. The molecule has 2 aromatic heterocycles. The van der Waals surface area contributed by atoms with Crippen LogP contribution < -0.4 is 0 Å². The monoisotopic (exact) mass is 444 g/mol. The molecule has 0 atom stereocenters. The zero-order valence-electron chi connectivity index (χ0n) is 16.2. The highest BCUT2D eigenvalue weighted by atomic mass is 32.1. The van der Waals surface area contributed by atoms with Gasteiger partial charge in [0, 0.05) is 35.2 Å². The molecular formula is C22H12N4O5S. The second kappa shape index (κ2) is 8.63. The first kappa shape index (κ1) is 20.6. The van der Waals surface area contributed by atoms with Crippen LogP contribution in [0.2, 0.25) is 0 Å². The van der Waals surface area contributed by atoms with E-state index in [1.54, 1.807) is 47.8 Å². The lowest BCUT2D eigenvalue weighted by Gasteiger charge is -1.99. The number of nitriles is 1. The fourth-order valence-corrected chi connectivity index (χ4v) is 3.80. The molecule has 2 aromatic carbocycles. The molecule has 0 aliphatic carbocycles. The van der Waals surface area contributed by atoms with Crippen molar-refractivity contribution in [3.8, 4) is 28.7 Å². The molecule has 0 saturated carbocycles. The number of furan rings is 1. The number of para-hydroxylation sites is 1. The molecule has 0 aliphatic heterocycles. The molecule has 0 amide bonds. The molecule has 0 aliphatic rings. The van der Waals surface area contributed by atoms with Crippen molar-refractivity contribution in [3.63, 3.8) is 0 Å². The van der Waals surface area contributed by atoms with Crippen LogP contribution in [0, 0.1) is 31.6 Å². The van der Waals surface area contributed by atoms with Gasteiger partial charge in [-0.15, -0.1) is 11.3 Å². The number of hydrogen-bond donors (Lipinski definition) is 0. The molecular weight excluding hydrogens is 432 g/mol. The summed E-state index contributed by atoms with van der Waals surface area (Å²) in [6.45, 7) is 0. The largest absolute Gasteiger partial charge is 0.456 e. The quantitative estimate of drug-likeness (QED) is 0.203. The standard InChI is InChI=1S/C22H12N4O5S/c23-12-15(22-24-19(13-32-22)14-4-3-5-16(10-14)25(27)28)11-17-8-9-21(31-17)18-6-1-2-7-20(18)26(29)30/h1-11,13H/b15-11+. The van der Waals surface area contributed by atoms with E-state index in [0.717, 1.165) is 0 Å². The van der Waals surface area contributed by atoms with E-state index in [0.29, 0.717) is 33.3 Å². The van der Waals surface area contributed by atoms with Crippen LogP contribution in [0.3, 0.4) is 0 Å². The Balaban J connectivity index is 1.65. The Morgan fingerprint density at radius 2 is 1.88 bits per heavy atom. The molecule has 156 valence electrons. The van der Waals surface area contributed by atoms with Gasteiger partial charge in [-0.1, -0.05) is 24.3 Å². The highest BCUT2D eigenvalue weighted by molar-refractivity contribution is 7.11. The van der Waals surface area contributed by atoms with Crippen molar-refractivity contribution in [2.24, 2.45) is 0 Å². The van der Waals surface area contributed by atoms with Crippen LogP contribution in [-0.2, 0) is 0 Å². The second-order valence-electron chi connectivity index (χ2n) is 6.49. The minimum Gasteiger partial charge on any atom is -0.456 e. The third-order valence-corrected chi connectivity index (χ3v) is 5.36. The zero-order valence-corrected chi connectivity index (χ0v) is 17.0. The van der Waals surface area contributed by atoms with Gasteiger partial charge in [0.1, 0.15) is 22.6 Å². The summed E-state index contributed by atoms with van der Waals surface area (Å²) in [5, 5.41) is 34.0.